The highest BCUT2D eigenvalue weighted by molar-refractivity contribution is 7.16. The molecule has 1 amide bonds. The number of nitrogens with zero attached hydrogens (tertiary/aromatic N) is 2. The zero-order valence-electron chi connectivity index (χ0n) is 17.6. The highest BCUT2D eigenvalue weighted by Gasteiger charge is 2.25. The van der Waals surface area contributed by atoms with Gasteiger partial charge in [-0.1, -0.05) is 19.1 Å². The fourth-order valence-electron chi connectivity index (χ4n) is 3.25. The lowest BCUT2D eigenvalue weighted by Crippen LogP contribution is -2.27. The van der Waals surface area contributed by atoms with Crippen molar-refractivity contribution < 1.29 is 18.7 Å². The number of hydrogen-bond donors (Lipinski definition) is 1. The topological polar surface area (TPSA) is 90.3 Å². The predicted octanol–water partition coefficient (Wildman–Crippen LogP) is 4.04. The molecule has 3 rings (SSSR count). The molecule has 2 aromatic heterocycles. The molecule has 0 aliphatic carbocycles. The van der Waals surface area contributed by atoms with E-state index in [-0.39, 0.29) is 22.9 Å². The average Bonchev–Trinajstić information content (AvgIpc) is 3.03. The normalized spacial score (nSPS) is 10.7. The monoisotopic (exact) mass is 443 g/mol. The molecule has 1 N–H and O–H groups in total. The molecular weight excluding hydrogens is 421 g/mol. The second-order valence-corrected chi connectivity index (χ2v) is 7.96. The molecule has 0 unspecified atom stereocenters. The number of nitrogens with one attached hydrogen (secondary N) is 1. The molecule has 162 valence electrons. The molecule has 0 spiro atoms. The van der Waals surface area contributed by atoms with E-state index in [2.05, 4.69) is 10.4 Å². The van der Waals surface area contributed by atoms with Crippen molar-refractivity contribution in [3.05, 3.63) is 73.8 Å². The molecule has 0 aliphatic heterocycles. The Morgan fingerprint density at radius 2 is 1.94 bits per heavy atom. The summed E-state index contributed by atoms with van der Waals surface area (Å²) in [6.45, 7) is 7.23. The van der Waals surface area contributed by atoms with Crippen LogP contribution >= 0.6 is 11.3 Å². The zero-order valence-corrected chi connectivity index (χ0v) is 18.4. The van der Waals surface area contributed by atoms with Gasteiger partial charge in [-0.15, -0.1) is 11.3 Å². The van der Waals surface area contributed by atoms with Gasteiger partial charge in [0, 0.05) is 16.6 Å². The fourth-order valence-corrected chi connectivity index (χ4v) is 4.37. The molecule has 1 aromatic carbocycles. The number of thiophene rings is 1. The number of hydrogen-bond acceptors (Lipinski definition) is 6. The van der Waals surface area contributed by atoms with Gasteiger partial charge in [-0.3, -0.25) is 9.59 Å². The number of para-hydroxylation sites is 1. The number of ether oxygens (including phenoxy) is 1. The van der Waals surface area contributed by atoms with Crippen LogP contribution in [0.4, 0.5) is 9.39 Å². The third-order valence-corrected chi connectivity index (χ3v) is 5.74. The molecule has 0 aliphatic rings. The van der Waals surface area contributed by atoms with Crippen molar-refractivity contribution >= 4 is 28.2 Å². The molecule has 0 bridgehead atoms. The van der Waals surface area contributed by atoms with Crippen molar-refractivity contribution in [2.24, 2.45) is 0 Å². The van der Waals surface area contributed by atoms with Gasteiger partial charge in [0.25, 0.3) is 5.91 Å². The summed E-state index contributed by atoms with van der Waals surface area (Å²) in [5.41, 5.74) is 0.527. The van der Waals surface area contributed by atoms with Crippen molar-refractivity contribution in [1.82, 2.24) is 9.78 Å². The maximum absolute atomic E-state index is 14.2. The van der Waals surface area contributed by atoms with Gasteiger partial charge in [-0.25, -0.2) is 13.9 Å². The van der Waals surface area contributed by atoms with Crippen LogP contribution in [0.25, 0.3) is 5.69 Å². The lowest BCUT2D eigenvalue weighted by molar-refractivity contribution is 0.0527. The van der Waals surface area contributed by atoms with E-state index in [0.717, 1.165) is 10.4 Å². The molecule has 0 fully saturated rings. The van der Waals surface area contributed by atoms with Crippen molar-refractivity contribution in [3.8, 4) is 5.69 Å². The van der Waals surface area contributed by atoms with Crippen molar-refractivity contribution in [3.63, 3.8) is 0 Å². The fraction of sp³-hybridized carbons (Fsp3) is 0.273. The third-order valence-electron chi connectivity index (χ3n) is 4.67. The highest BCUT2D eigenvalue weighted by Crippen LogP contribution is 2.34. The minimum Gasteiger partial charge on any atom is -0.462 e. The summed E-state index contributed by atoms with van der Waals surface area (Å²) in [4.78, 5) is 38.7. The number of halogens is 1. The lowest BCUT2D eigenvalue weighted by atomic mass is 10.1. The zero-order chi connectivity index (χ0) is 22.7. The molecule has 0 radical (unpaired) electrons. The first kappa shape index (κ1) is 22.4. The van der Waals surface area contributed by atoms with Crippen molar-refractivity contribution in [1.29, 1.82) is 0 Å². The van der Waals surface area contributed by atoms with E-state index in [4.69, 9.17) is 4.74 Å². The number of benzene rings is 1. The van der Waals surface area contributed by atoms with Gasteiger partial charge in [0.1, 0.15) is 16.5 Å². The minimum absolute atomic E-state index is 0.112. The second kappa shape index (κ2) is 9.22. The van der Waals surface area contributed by atoms with Gasteiger partial charge in [-0.2, -0.15) is 5.10 Å². The summed E-state index contributed by atoms with van der Waals surface area (Å²) >= 11 is 1.23. The number of amides is 1. The Hall–Kier alpha value is -3.33. The number of esters is 1. The molecular formula is C22H22FN3O4S. The first-order chi connectivity index (χ1) is 14.8. The summed E-state index contributed by atoms with van der Waals surface area (Å²) in [6, 6.07) is 7.14. The first-order valence-corrected chi connectivity index (χ1v) is 10.6. The number of aryl methyl sites for hydroxylation is 2. The van der Waals surface area contributed by atoms with E-state index in [1.54, 1.807) is 19.9 Å². The summed E-state index contributed by atoms with van der Waals surface area (Å²) < 4.78 is 20.6. The Kier molecular flexibility index (Phi) is 6.65. The van der Waals surface area contributed by atoms with Crippen molar-refractivity contribution in [2.45, 2.75) is 34.1 Å². The number of anilines is 1. The summed E-state index contributed by atoms with van der Waals surface area (Å²) in [5, 5.41) is 7.01. The van der Waals surface area contributed by atoms with Crippen LogP contribution in [0.5, 0.6) is 0 Å². The van der Waals surface area contributed by atoms with Gasteiger partial charge in [0.15, 0.2) is 5.69 Å². The number of carbonyl (C=O) groups is 2. The van der Waals surface area contributed by atoms with Gasteiger partial charge in [0.05, 0.1) is 12.2 Å². The molecule has 0 saturated carbocycles. The van der Waals surface area contributed by atoms with Gasteiger partial charge >= 0.3 is 5.97 Å². The Morgan fingerprint density at radius 1 is 1.23 bits per heavy atom. The SMILES string of the molecule is CCOC(=O)c1c(NC(=O)c2nn(-c3ccccc3F)c(C)cc2=O)sc(C)c1CC. The smallest absolute Gasteiger partial charge is 0.341 e. The Morgan fingerprint density at radius 3 is 2.58 bits per heavy atom. The second-order valence-electron chi connectivity index (χ2n) is 6.73. The summed E-state index contributed by atoms with van der Waals surface area (Å²) in [6.07, 6.45) is 0.579. The van der Waals surface area contributed by atoms with Crippen LogP contribution in [0.1, 0.15) is 50.8 Å². The van der Waals surface area contributed by atoms with Crippen LogP contribution < -0.4 is 10.7 Å². The van der Waals surface area contributed by atoms with E-state index in [1.165, 1.54) is 40.3 Å². The largest absolute Gasteiger partial charge is 0.462 e. The Balaban J connectivity index is 2.04. The number of rotatable bonds is 6. The summed E-state index contributed by atoms with van der Waals surface area (Å²) in [7, 11) is 0. The van der Waals surface area contributed by atoms with Gasteiger partial charge in [-0.05, 0) is 44.9 Å². The number of carbonyl (C=O) groups excluding carboxylic acids is 2. The summed E-state index contributed by atoms with van der Waals surface area (Å²) in [5.74, 6) is -1.87. The van der Waals surface area contributed by atoms with Crippen LogP contribution in [-0.2, 0) is 11.2 Å². The highest BCUT2D eigenvalue weighted by atomic mass is 32.1. The molecule has 0 atom stereocenters. The maximum atomic E-state index is 14.2. The molecule has 9 heteroatoms. The number of aromatic nitrogens is 2. The van der Waals surface area contributed by atoms with E-state index in [0.29, 0.717) is 12.1 Å². The van der Waals surface area contributed by atoms with E-state index in [9.17, 15) is 18.8 Å². The molecule has 31 heavy (non-hydrogen) atoms. The van der Waals surface area contributed by atoms with Crippen molar-refractivity contribution in [2.75, 3.05) is 11.9 Å². The molecule has 2 heterocycles. The van der Waals surface area contributed by atoms with Crippen LogP contribution in [-0.4, -0.2) is 28.3 Å². The van der Waals surface area contributed by atoms with Crippen LogP contribution in [0.2, 0.25) is 0 Å². The first-order valence-electron chi connectivity index (χ1n) is 9.75. The van der Waals surface area contributed by atoms with Crippen LogP contribution in [0, 0.1) is 19.7 Å². The molecule has 7 nitrogen and oxygen atoms in total. The molecule has 0 saturated heterocycles. The van der Waals surface area contributed by atoms with E-state index < -0.39 is 28.8 Å². The van der Waals surface area contributed by atoms with Gasteiger partial charge < -0.3 is 10.1 Å². The standard InChI is InChI=1S/C22H22FN3O4S/c1-5-14-13(4)31-21(18(14)22(29)30-6-2)24-20(28)19-17(27)11-12(3)26(25-19)16-10-8-7-9-15(16)23/h7-11H,5-6H2,1-4H3,(H,24,28). The van der Waals surface area contributed by atoms with Crippen LogP contribution in [0.3, 0.4) is 0 Å². The van der Waals surface area contributed by atoms with E-state index in [1.807, 2.05) is 13.8 Å². The lowest BCUT2D eigenvalue weighted by Gasteiger charge is -2.12. The van der Waals surface area contributed by atoms with E-state index >= 15 is 0 Å². The molecule has 3 aromatic rings. The minimum atomic E-state index is -0.787. The maximum Gasteiger partial charge on any atom is 0.341 e. The Bertz CT molecular complexity index is 1220. The third kappa shape index (κ3) is 4.41. The van der Waals surface area contributed by atoms with Crippen LogP contribution in [0.15, 0.2) is 35.1 Å². The van der Waals surface area contributed by atoms with Gasteiger partial charge in [0.2, 0.25) is 5.43 Å². The average molecular weight is 444 g/mol. The Labute approximate surface area is 182 Å². The predicted molar refractivity (Wildman–Crippen MR) is 117 cm³/mol. The quantitative estimate of drug-likeness (QED) is 0.581.